The number of likely N-dealkylation sites (N-methyl/N-ethyl adjacent to an activating group) is 1. The summed E-state index contributed by atoms with van der Waals surface area (Å²) in [5.74, 6) is 0.324. The van der Waals surface area contributed by atoms with E-state index in [4.69, 9.17) is 4.74 Å². The van der Waals surface area contributed by atoms with Crippen LogP contribution in [0.3, 0.4) is 0 Å². The highest BCUT2D eigenvalue weighted by Gasteiger charge is 2.25. The van der Waals surface area contributed by atoms with Gasteiger partial charge in [-0.05, 0) is 57.3 Å². The molecule has 0 aliphatic carbocycles. The van der Waals surface area contributed by atoms with Crippen LogP contribution in [0.15, 0.2) is 30.5 Å². The van der Waals surface area contributed by atoms with Crippen LogP contribution in [-0.4, -0.2) is 91.2 Å². The lowest BCUT2D eigenvalue weighted by Gasteiger charge is -2.36. The smallest absolute Gasteiger partial charge is 0.222 e. The van der Waals surface area contributed by atoms with E-state index >= 15 is 0 Å². The van der Waals surface area contributed by atoms with Gasteiger partial charge in [-0.2, -0.15) is 0 Å². The first-order valence-electron chi connectivity index (χ1n) is 12.0. The van der Waals surface area contributed by atoms with Crippen molar-refractivity contribution >= 4 is 16.8 Å². The number of aryl methyl sites for hydroxylation is 1. The molecule has 0 radical (unpaired) electrons. The van der Waals surface area contributed by atoms with Gasteiger partial charge in [-0.3, -0.25) is 4.79 Å². The van der Waals surface area contributed by atoms with Crippen LogP contribution in [0, 0.1) is 0 Å². The van der Waals surface area contributed by atoms with Gasteiger partial charge in [0.05, 0.1) is 0 Å². The Morgan fingerprint density at radius 2 is 1.90 bits per heavy atom. The number of aromatic nitrogens is 1. The molecule has 2 fully saturated rings. The molecule has 4 rings (SSSR count). The molecule has 0 unspecified atom stereocenters. The Hall–Kier alpha value is -1.89. The van der Waals surface area contributed by atoms with Crippen LogP contribution in [0.25, 0.3) is 10.9 Å². The lowest BCUT2D eigenvalue weighted by Crippen LogP contribution is -2.47. The minimum Gasteiger partial charge on any atom is -0.381 e. The Bertz CT molecular complexity index is 822. The summed E-state index contributed by atoms with van der Waals surface area (Å²) in [6.45, 7) is 8.12. The van der Waals surface area contributed by atoms with Crippen LogP contribution < -0.4 is 0 Å². The Labute approximate surface area is 186 Å². The van der Waals surface area contributed by atoms with Gasteiger partial charge in [-0.1, -0.05) is 18.2 Å². The molecule has 2 aliphatic heterocycles. The van der Waals surface area contributed by atoms with Crippen LogP contribution in [0.4, 0.5) is 0 Å². The molecule has 6 nitrogen and oxygen atoms in total. The summed E-state index contributed by atoms with van der Waals surface area (Å²) in [6, 6.07) is 8.76. The second-order valence-corrected chi connectivity index (χ2v) is 9.14. The highest BCUT2D eigenvalue weighted by molar-refractivity contribution is 5.83. The number of aromatic amines is 1. The van der Waals surface area contributed by atoms with Crippen molar-refractivity contribution in [2.75, 3.05) is 59.5 Å². The number of hydrogen-bond acceptors (Lipinski definition) is 4. The molecular weight excluding hydrogens is 388 g/mol. The zero-order valence-electron chi connectivity index (χ0n) is 19.0. The molecule has 2 aromatic rings. The van der Waals surface area contributed by atoms with Gasteiger partial charge in [0.25, 0.3) is 0 Å². The van der Waals surface area contributed by atoms with Crippen molar-refractivity contribution in [2.24, 2.45) is 0 Å². The quantitative estimate of drug-likeness (QED) is 0.669. The fraction of sp³-hybridized carbons (Fsp3) is 0.640. The van der Waals surface area contributed by atoms with Crippen molar-refractivity contribution in [3.8, 4) is 0 Å². The first kappa shape index (κ1) is 22.3. The molecule has 3 heterocycles. The number of ether oxygens (including phenoxy) is 1. The van der Waals surface area contributed by atoms with E-state index < -0.39 is 0 Å². The molecule has 0 saturated carbocycles. The number of para-hydroxylation sites is 1. The van der Waals surface area contributed by atoms with E-state index in [1.807, 2.05) is 0 Å². The molecule has 0 spiro atoms. The monoisotopic (exact) mass is 426 g/mol. The van der Waals surface area contributed by atoms with Crippen LogP contribution in [0.1, 0.15) is 37.7 Å². The molecule has 6 heteroatoms. The third-order valence-corrected chi connectivity index (χ3v) is 6.93. The average Bonchev–Trinajstić information content (AvgIpc) is 3.21. The molecule has 0 atom stereocenters. The summed E-state index contributed by atoms with van der Waals surface area (Å²) < 4.78 is 5.56. The lowest BCUT2D eigenvalue weighted by atomic mass is 10.0. The number of carbonyl (C=O) groups excluding carboxylic acids is 1. The Balaban J connectivity index is 1.28. The fourth-order valence-electron chi connectivity index (χ4n) is 4.96. The van der Waals surface area contributed by atoms with Crippen molar-refractivity contribution in [3.63, 3.8) is 0 Å². The van der Waals surface area contributed by atoms with E-state index in [0.717, 1.165) is 84.6 Å². The van der Waals surface area contributed by atoms with Gasteiger partial charge in [0.1, 0.15) is 0 Å². The SMILES string of the molecule is CN1CCN(CCCN(C(=O)CCCc2c[nH]c3ccccc23)C2CCOCC2)CC1. The molecule has 1 aromatic heterocycles. The van der Waals surface area contributed by atoms with Gasteiger partial charge >= 0.3 is 0 Å². The van der Waals surface area contributed by atoms with E-state index in [-0.39, 0.29) is 0 Å². The summed E-state index contributed by atoms with van der Waals surface area (Å²) in [7, 11) is 2.19. The van der Waals surface area contributed by atoms with Crippen molar-refractivity contribution in [2.45, 2.75) is 44.6 Å². The van der Waals surface area contributed by atoms with Crippen LogP contribution in [-0.2, 0) is 16.0 Å². The number of nitrogens with one attached hydrogen (secondary N) is 1. The van der Waals surface area contributed by atoms with Gasteiger partial charge in [0, 0.05) is 75.5 Å². The first-order valence-corrected chi connectivity index (χ1v) is 12.0. The van der Waals surface area contributed by atoms with E-state index in [9.17, 15) is 4.79 Å². The molecule has 2 aliphatic rings. The lowest BCUT2D eigenvalue weighted by molar-refractivity contribution is -0.135. The number of hydrogen-bond donors (Lipinski definition) is 1. The summed E-state index contributed by atoms with van der Waals surface area (Å²) in [5.41, 5.74) is 2.49. The molecular formula is C25H38N4O2. The van der Waals surface area contributed by atoms with E-state index in [2.05, 4.69) is 57.2 Å². The summed E-state index contributed by atoms with van der Waals surface area (Å²) in [6.07, 6.45) is 7.59. The standard InChI is InChI=1S/C25H38N4O2/c1-27-14-16-28(17-15-27)12-5-13-29(22-10-18-31-19-11-22)25(30)9-4-6-21-20-26-24-8-3-2-7-23(21)24/h2-3,7-8,20,22,26H,4-6,9-19H2,1H3. The Morgan fingerprint density at radius 3 is 2.71 bits per heavy atom. The highest BCUT2D eigenvalue weighted by Crippen LogP contribution is 2.21. The molecule has 1 amide bonds. The largest absolute Gasteiger partial charge is 0.381 e. The predicted molar refractivity (Wildman–Crippen MR) is 125 cm³/mol. The molecule has 1 aromatic carbocycles. The Kier molecular flexibility index (Phi) is 8.00. The van der Waals surface area contributed by atoms with Crippen molar-refractivity contribution < 1.29 is 9.53 Å². The number of nitrogens with zero attached hydrogens (tertiary/aromatic N) is 3. The Morgan fingerprint density at radius 1 is 1.13 bits per heavy atom. The minimum atomic E-state index is 0.324. The minimum absolute atomic E-state index is 0.324. The second kappa shape index (κ2) is 11.1. The molecule has 2 saturated heterocycles. The van der Waals surface area contributed by atoms with Crippen LogP contribution in [0.5, 0.6) is 0 Å². The number of piperazine rings is 1. The molecule has 1 N–H and O–H groups in total. The number of H-pyrrole nitrogens is 1. The summed E-state index contributed by atoms with van der Waals surface area (Å²) in [5, 5.41) is 1.28. The van der Waals surface area contributed by atoms with Crippen LogP contribution >= 0.6 is 0 Å². The van der Waals surface area contributed by atoms with Crippen LogP contribution in [0.2, 0.25) is 0 Å². The van der Waals surface area contributed by atoms with E-state index in [1.165, 1.54) is 16.5 Å². The number of amides is 1. The predicted octanol–water partition coefficient (Wildman–Crippen LogP) is 3.14. The van der Waals surface area contributed by atoms with Gasteiger partial charge in [0.2, 0.25) is 5.91 Å². The van der Waals surface area contributed by atoms with Crippen molar-refractivity contribution in [1.82, 2.24) is 19.7 Å². The molecule has 31 heavy (non-hydrogen) atoms. The van der Waals surface area contributed by atoms with E-state index in [0.29, 0.717) is 18.4 Å². The fourth-order valence-corrected chi connectivity index (χ4v) is 4.96. The normalized spacial score (nSPS) is 19.1. The zero-order valence-corrected chi connectivity index (χ0v) is 19.0. The maximum atomic E-state index is 13.2. The maximum absolute atomic E-state index is 13.2. The maximum Gasteiger partial charge on any atom is 0.222 e. The molecule has 0 bridgehead atoms. The van der Waals surface area contributed by atoms with E-state index in [1.54, 1.807) is 0 Å². The number of benzene rings is 1. The number of rotatable bonds is 9. The summed E-state index contributed by atoms with van der Waals surface area (Å²) in [4.78, 5) is 23.7. The number of fused-ring (bicyclic) bond motifs is 1. The van der Waals surface area contributed by atoms with Gasteiger partial charge in [-0.25, -0.2) is 0 Å². The molecule has 170 valence electrons. The van der Waals surface area contributed by atoms with Gasteiger partial charge in [-0.15, -0.1) is 0 Å². The van der Waals surface area contributed by atoms with Gasteiger partial charge in [0.15, 0.2) is 0 Å². The number of carbonyl (C=O) groups is 1. The highest BCUT2D eigenvalue weighted by atomic mass is 16.5. The third-order valence-electron chi connectivity index (χ3n) is 6.93. The van der Waals surface area contributed by atoms with Gasteiger partial charge < -0.3 is 24.4 Å². The summed E-state index contributed by atoms with van der Waals surface area (Å²) >= 11 is 0. The van der Waals surface area contributed by atoms with Crippen molar-refractivity contribution in [1.29, 1.82) is 0 Å². The first-order chi connectivity index (χ1) is 15.2. The third kappa shape index (κ3) is 6.09. The topological polar surface area (TPSA) is 51.8 Å². The average molecular weight is 427 g/mol. The van der Waals surface area contributed by atoms with Crippen molar-refractivity contribution in [3.05, 3.63) is 36.0 Å². The second-order valence-electron chi connectivity index (χ2n) is 9.14. The zero-order chi connectivity index (χ0) is 21.5.